The van der Waals surface area contributed by atoms with E-state index in [0.29, 0.717) is 12.2 Å². The van der Waals surface area contributed by atoms with E-state index in [1.807, 2.05) is 29.9 Å². The van der Waals surface area contributed by atoms with Crippen LogP contribution in [0.5, 0.6) is 0 Å². The predicted octanol–water partition coefficient (Wildman–Crippen LogP) is 2.89. The van der Waals surface area contributed by atoms with E-state index in [2.05, 4.69) is 31.5 Å². The maximum atomic E-state index is 12.1. The van der Waals surface area contributed by atoms with Gasteiger partial charge in [-0.1, -0.05) is 0 Å². The van der Waals surface area contributed by atoms with Gasteiger partial charge in [0.15, 0.2) is 0 Å². The molecule has 0 saturated carbocycles. The van der Waals surface area contributed by atoms with Crippen molar-refractivity contribution in [1.82, 2.24) is 14.8 Å². The number of carbonyl (C=O) groups excluding carboxylic acids is 1. The van der Waals surface area contributed by atoms with Crippen LogP contribution in [0.3, 0.4) is 0 Å². The Morgan fingerprint density at radius 3 is 2.90 bits per heavy atom. The Bertz CT molecular complexity index is 609. The van der Waals surface area contributed by atoms with Crippen LogP contribution in [-0.4, -0.2) is 20.7 Å². The number of H-pyrrole nitrogens is 1. The Kier molecular flexibility index (Phi) is 3.64. The third-order valence-electron chi connectivity index (χ3n) is 3.07. The number of hydrogen-bond acceptors (Lipinski definition) is 3. The fraction of sp³-hybridized carbons (Fsp3) is 0.143. The molecule has 1 atom stereocenters. The van der Waals surface area contributed by atoms with Crippen LogP contribution in [0, 0.1) is 0 Å². The summed E-state index contributed by atoms with van der Waals surface area (Å²) in [4.78, 5) is 12.1. The van der Waals surface area contributed by atoms with Crippen LogP contribution in [-0.2, 0) is 4.79 Å². The molecule has 2 N–H and O–H groups in total. The zero-order valence-electron chi connectivity index (χ0n) is 10.7. The lowest BCUT2D eigenvalue weighted by molar-refractivity contribution is -0.116. The molecule has 0 bridgehead atoms. The second-order valence-electron chi connectivity index (χ2n) is 4.43. The van der Waals surface area contributed by atoms with Crippen molar-refractivity contribution in [2.45, 2.75) is 12.5 Å². The summed E-state index contributed by atoms with van der Waals surface area (Å²) in [6.07, 6.45) is 5.94. The van der Waals surface area contributed by atoms with Gasteiger partial charge in [0.25, 0.3) is 0 Å². The number of thiophene rings is 1. The molecule has 0 saturated heterocycles. The molecule has 20 heavy (non-hydrogen) atoms. The SMILES string of the molecule is O=C(C[C@@H](c1ccsc1)n1cccc1)Nc1ccn[nH]1. The molecule has 0 spiro atoms. The molecule has 3 rings (SSSR count). The highest BCUT2D eigenvalue weighted by molar-refractivity contribution is 7.08. The highest BCUT2D eigenvalue weighted by atomic mass is 32.1. The Balaban J connectivity index is 1.75. The van der Waals surface area contributed by atoms with Crippen molar-refractivity contribution >= 4 is 23.1 Å². The first-order valence-corrected chi connectivity index (χ1v) is 7.21. The topological polar surface area (TPSA) is 62.7 Å². The van der Waals surface area contributed by atoms with Gasteiger partial charge in [-0.2, -0.15) is 16.4 Å². The largest absolute Gasteiger partial charge is 0.346 e. The van der Waals surface area contributed by atoms with Crippen LogP contribution in [0.15, 0.2) is 53.6 Å². The molecule has 0 aliphatic carbocycles. The maximum Gasteiger partial charge on any atom is 0.227 e. The number of anilines is 1. The van der Waals surface area contributed by atoms with E-state index >= 15 is 0 Å². The fourth-order valence-corrected chi connectivity index (χ4v) is 2.83. The highest BCUT2D eigenvalue weighted by Crippen LogP contribution is 2.24. The lowest BCUT2D eigenvalue weighted by Crippen LogP contribution is -2.19. The summed E-state index contributed by atoms with van der Waals surface area (Å²) in [5, 5.41) is 13.4. The molecule has 102 valence electrons. The zero-order valence-corrected chi connectivity index (χ0v) is 11.5. The van der Waals surface area contributed by atoms with Crippen molar-refractivity contribution in [3.05, 3.63) is 59.2 Å². The fourth-order valence-electron chi connectivity index (χ4n) is 2.12. The molecular formula is C14H14N4OS. The smallest absolute Gasteiger partial charge is 0.227 e. The normalized spacial score (nSPS) is 12.2. The third-order valence-corrected chi connectivity index (χ3v) is 3.77. The minimum atomic E-state index is -0.0425. The summed E-state index contributed by atoms with van der Waals surface area (Å²) >= 11 is 1.64. The first-order valence-electron chi connectivity index (χ1n) is 6.27. The van der Waals surface area contributed by atoms with Gasteiger partial charge in [0.05, 0.1) is 18.7 Å². The van der Waals surface area contributed by atoms with Gasteiger partial charge in [-0.3, -0.25) is 9.89 Å². The minimum Gasteiger partial charge on any atom is -0.346 e. The number of nitrogens with one attached hydrogen (secondary N) is 2. The highest BCUT2D eigenvalue weighted by Gasteiger charge is 2.18. The minimum absolute atomic E-state index is 0.0131. The van der Waals surface area contributed by atoms with E-state index < -0.39 is 0 Å². The van der Waals surface area contributed by atoms with E-state index in [1.165, 1.54) is 0 Å². The number of carbonyl (C=O) groups is 1. The summed E-state index contributed by atoms with van der Waals surface area (Å²) in [6.45, 7) is 0. The number of nitrogens with zero attached hydrogens (tertiary/aromatic N) is 2. The molecule has 1 amide bonds. The maximum absolute atomic E-state index is 12.1. The average Bonchev–Trinajstić information content (AvgIpc) is 3.18. The van der Waals surface area contributed by atoms with Crippen LogP contribution in [0.1, 0.15) is 18.0 Å². The second kappa shape index (κ2) is 5.75. The predicted molar refractivity (Wildman–Crippen MR) is 78.7 cm³/mol. The van der Waals surface area contributed by atoms with Crippen LogP contribution in [0.25, 0.3) is 0 Å². The van der Waals surface area contributed by atoms with Crippen LogP contribution in [0.4, 0.5) is 5.82 Å². The molecule has 5 nitrogen and oxygen atoms in total. The van der Waals surface area contributed by atoms with E-state index in [1.54, 1.807) is 23.6 Å². The molecule has 0 aromatic carbocycles. The molecule has 0 unspecified atom stereocenters. The summed E-state index contributed by atoms with van der Waals surface area (Å²) in [5.41, 5.74) is 1.14. The van der Waals surface area contributed by atoms with Gasteiger partial charge >= 0.3 is 0 Å². The summed E-state index contributed by atoms with van der Waals surface area (Å²) < 4.78 is 2.05. The number of aromatic amines is 1. The molecule has 3 aromatic heterocycles. The van der Waals surface area contributed by atoms with Crippen LogP contribution < -0.4 is 5.32 Å². The van der Waals surface area contributed by atoms with Gasteiger partial charge in [0.2, 0.25) is 5.91 Å². The number of hydrogen-bond donors (Lipinski definition) is 2. The van der Waals surface area contributed by atoms with Crippen molar-refractivity contribution in [1.29, 1.82) is 0 Å². The Morgan fingerprint density at radius 1 is 1.40 bits per heavy atom. The molecule has 0 fully saturated rings. The number of rotatable bonds is 5. The lowest BCUT2D eigenvalue weighted by atomic mass is 10.1. The van der Waals surface area contributed by atoms with Crippen molar-refractivity contribution in [2.24, 2.45) is 0 Å². The molecule has 3 heterocycles. The molecule has 0 aliphatic heterocycles. The lowest BCUT2D eigenvalue weighted by Gasteiger charge is -2.17. The van der Waals surface area contributed by atoms with Crippen LogP contribution in [0.2, 0.25) is 0 Å². The van der Waals surface area contributed by atoms with Gasteiger partial charge < -0.3 is 9.88 Å². The van der Waals surface area contributed by atoms with Gasteiger partial charge in [0.1, 0.15) is 5.82 Å². The molecular weight excluding hydrogens is 272 g/mol. The first-order chi connectivity index (χ1) is 9.83. The van der Waals surface area contributed by atoms with Crippen LogP contribution >= 0.6 is 11.3 Å². The van der Waals surface area contributed by atoms with Crippen molar-refractivity contribution in [3.63, 3.8) is 0 Å². The zero-order chi connectivity index (χ0) is 13.8. The Labute approximate surface area is 120 Å². The van der Waals surface area contributed by atoms with Gasteiger partial charge in [-0.05, 0) is 34.5 Å². The molecule has 3 aromatic rings. The summed E-state index contributed by atoms with van der Waals surface area (Å²) in [5.74, 6) is 0.575. The van der Waals surface area contributed by atoms with Crippen molar-refractivity contribution in [2.75, 3.05) is 5.32 Å². The first kappa shape index (κ1) is 12.7. The van der Waals surface area contributed by atoms with E-state index in [9.17, 15) is 4.79 Å². The molecule has 0 aliphatic rings. The molecule has 6 heteroatoms. The Hall–Kier alpha value is -2.34. The average molecular weight is 286 g/mol. The monoisotopic (exact) mass is 286 g/mol. The van der Waals surface area contributed by atoms with Gasteiger partial charge in [-0.15, -0.1) is 0 Å². The van der Waals surface area contributed by atoms with E-state index in [0.717, 1.165) is 5.56 Å². The number of amides is 1. The standard InChI is InChI=1S/C14H14N4OS/c19-14(16-13-3-5-15-17-13)9-12(11-4-8-20-10-11)18-6-1-2-7-18/h1-8,10,12H,9H2,(H2,15,16,17,19)/t12-/m0/s1. The number of aromatic nitrogens is 3. The summed E-state index contributed by atoms with van der Waals surface area (Å²) in [6, 6.07) is 7.73. The Morgan fingerprint density at radius 2 is 2.25 bits per heavy atom. The van der Waals surface area contributed by atoms with E-state index in [-0.39, 0.29) is 11.9 Å². The summed E-state index contributed by atoms with van der Waals surface area (Å²) in [7, 11) is 0. The third kappa shape index (κ3) is 2.80. The second-order valence-corrected chi connectivity index (χ2v) is 5.21. The molecule has 0 radical (unpaired) electrons. The van der Waals surface area contributed by atoms with Gasteiger partial charge in [0, 0.05) is 18.5 Å². The van der Waals surface area contributed by atoms with E-state index in [4.69, 9.17) is 0 Å². The van der Waals surface area contributed by atoms with Crippen molar-refractivity contribution < 1.29 is 4.79 Å². The van der Waals surface area contributed by atoms with Crippen molar-refractivity contribution in [3.8, 4) is 0 Å². The van der Waals surface area contributed by atoms with Gasteiger partial charge in [-0.25, -0.2) is 0 Å². The quantitative estimate of drug-likeness (QED) is 0.757.